The summed E-state index contributed by atoms with van der Waals surface area (Å²) in [5, 5.41) is 11.3. The van der Waals surface area contributed by atoms with Crippen LogP contribution < -0.4 is 5.32 Å². The molecule has 2 heterocycles. The van der Waals surface area contributed by atoms with Gasteiger partial charge in [-0.15, -0.1) is 10.2 Å². The summed E-state index contributed by atoms with van der Waals surface area (Å²) in [4.78, 5) is 12.4. The second kappa shape index (κ2) is 5.60. The molecule has 0 bridgehead atoms. The Morgan fingerprint density at radius 3 is 2.73 bits per heavy atom. The van der Waals surface area contributed by atoms with Gasteiger partial charge >= 0.3 is 0 Å². The molecule has 22 heavy (non-hydrogen) atoms. The van der Waals surface area contributed by atoms with E-state index < -0.39 is 0 Å². The molecule has 112 valence electrons. The van der Waals surface area contributed by atoms with Crippen molar-refractivity contribution >= 4 is 11.6 Å². The molecule has 5 nitrogen and oxygen atoms in total. The van der Waals surface area contributed by atoms with E-state index in [0.717, 1.165) is 11.2 Å². The van der Waals surface area contributed by atoms with Crippen LogP contribution >= 0.6 is 0 Å². The van der Waals surface area contributed by atoms with Crippen LogP contribution in [0.25, 0.3) is 5.65 Å². The summed E-state index contributed by atoms with van der Waals surface area (Å²) in [5.74, 6) is 0.607. The van der Waals surface area contributed by atoms with Crippen LogP contribution in [0.2, 0.25) is 0 Å². The lowest BCUT2D eigenvalue weighted by molar-refractivity contribution is 0.0938. The number of carbonyl (C=O) groups is 1. The number of benzene rings is 1. The lowest BCUT2D eigenvalue weighted by atomic mass is 10.1. The molecule has 5 heteroatoms. The van der Waals surface area contributed by atoms with Gasteiger partial charge in [0.05, 0.1) is 6.04 Å². The molecule has 0 saturated carbocycles. The summed E-state index contributed by atoms with van der Waals surface area (Å²) >= 11 is 0. The zero-order valence-electron chi connectivity index (χ0n) is 12.9. The maximum Gasteiger partial charge on any atom is 0.251 e. The molecule has 0 aliphatic carbocycles. The first-order valence-corrected chi connectivity index (χ1v) is 7.24. The molecule has 3 rings (SSSR count). The Hall–Kier alpha value is -2.69. The Morgan fingerprint density at radius 2 is 1.95 bits per heavy atom. The second-order valence-electron chi connectivity index (χ2n) is 5.48. The number of nitrogens with one attached hydrogen (secondary N) is 1. The first-order valence-electron chi connectivity index (χ1n) is 7.24. The summed E-state index contributed by atoms with van der Waals surface area (Å²) in [5.41, 5.74) is 3.70. The first-order chi connectivity index (χ1) is 10.6. The van der Waals surface area contributed by atoms with Crippen molar-refractivity contribution in [2.75, 3.05) is 0 Å². The second-order valence-corrected chi connectivity index (χ2v) is 5.48. The largest absolute Gasteiger partial charge is 0.342 e. The normalized spacial score (nSPS) is 12.3. The van der Waals surface area contributed by atoms with E-state index in [-0.39, 0.29) is 11.9 Å². The highest BCUT2D eigenvalue weighted by atomic mass is 16.1. The van der Waals surface area contributed by atoms with Crippen molar-refractivity contribution in [1.29, 1.82) is 0 Å². The monoisotopic (exact) mass is 294 g/mol. The Balaban J connectivity index is 1.82. The van der Waals surface area contributed by atoms with Crippen molar-refractivity contribution in [2.24, 2.45) is 0 Å². The number of nitrogens with zero attached hydrogens (tertiary/aromatic N) is 3. The minimum absolute atomic E-state index is 0.108. The number of aromatic nitrogens is 3. The number of hydrogen-bond acceptors (Lipinski definition) is 3. The molecule has 0 saturated heterocycles. The van der Waals surface area contributed by atoms with Crippen molar-refractivity contribution < 1.29 is 4.79 Å². The Bertz CT molecular complexity index is 838. The fraction of sp³-hybridized carbons (Fsp3) is 0.235. The zero-order chi connectivity index (χ0) is 15.7. The molecule has 1 atom stereocenters. The summed E-state index contributed by atoms with van der Waals surface area (Å²) < 4.78 is 1.88. The van der Waals surface area contributed by atoms with Crippen LogP contribution in [0.3, 0.4) is 0 Å². The fourth-order valence-electron chi connectivity index (χ4n) is 2.38. The number of pyridine rings is 1. The number of fused-ring (bicyclic) bond motifs is 1. The quantitative estimate of drug-likeness (QED) is 0.808. The topological polar surface area (TPSA) is 59.3 Å². The van der Waals surface area contributed by atoms with Gasteiger partial charge in [0.1, 0.15) is 0 Å². The van der Waals surface area contributed by atoms with E-state index in [4.69, 9.17) is 0 Å². The van der Waals surface area contributed by atoms with E-state index in [1.54, 1.807) is 0 Å². The van der Waals surface area contributed by atoms with Crippen molar-refractivity contribution in [2.45, 2.75) is 26.8 Å². The van der Waals surface area contributed by atoms with E-state index in [0.29, 0.717) is 11.4 Å². The highest BCUT2D eigenvalue weighted by Gasteiger charge is 2.16. The third kappa shape index (κ3) is 2.57. The van der Waals surface area contributed by atoms with Gasteiger partial charge in [-0.05, 0) is 56.2 Å². The van der Waals surface area contributed by atoms with E-state index in [9.17, 15) is 4.79 Å². The molecule has 2 aromatic heterocycles. The van der Waals surface area contributed by atoms with Gasteiger partial charge in [0, 0.05) is 11.8 Å². The number of hydrogen-bond donors (Lipinski definition) is 1. The summed E-state index contributed by atoms with van der Waals surface area (Å²) in [6.07, 6.45) is 1.89. The molecule has 3 aromatic rings. The average Bonchev–Trinajstić information content (AvgIpc) is 2.94. The van der Waals surface area contributed by atoms with Crippen LogP contribution in [0.4, 0.5) is 0 Å². The maximum absolute atomic E-state index is 12.4. The first kappa shape index (κ1) is 14.3. The van der Waals surface area contributed by atoms with Crippen LogP contribution in [0.15, 0.2) is 42.6 Å². The molecule has 0 radical (unpaired) electrons. The van der Waals surface area contributed by atoms with Gasteiger partial charge in [-0.1, -0.05) is 12.1 Å². The average molecular weight is 294 g/mol. The van der Waals surface area contributed by atoms with Gasteiger partial charge in [-0.2, -0.15) is 0 Å². The SMILES string of the molecule is Cc1ccc(C(=O)N[C@@H](C)c2nnc3ccccn23)cc1C. The van der Waals surface area contributed by atoms with Gasteiger partial charge in [0.15, 0.2) is 11.5 Å². The van der Waals surface area contributed by atoms with Crippen LogP contribution in [0.5, 0.6) is 0 Å². The van der Waals surface area contributed by atoms with Crippen LogP contribution in [0.1, 0.15) is 40.3 Å². The maximum atomic E-state index is 12.4. The molecule has 0 aliphatic rings. The van der Waals surface area contributed by atoms with Gasteiger partial charge in [0.2, 0.25) is 0 Å². The molecular formula is C17H18N4O. The van der Waals surface area contributed by atoms with Crippen LogP contribution in [-0.4, -0.2) is 20.5 Å². The van der Waals surface area contributed by atoms with Crippen molar-refractivity contribution in [3.8, 4) is 0 Å². The molecular weight excluding hydrogens is 276 g/mol. The summed E-state index contributed by atoms with van der Waals surface area (Å²) in [6, 6.07) is 11.2. The fourth-order valence-corrected chi connectivity index (χ4v) is 2.38. The molecule has 0 unspecified atom stereocenters. The third-order valence-electron chi connectivity index (χ3n) is 3.84. The highest BCUT2D eigenvalue weighted by molar-refractivity contribution is 5.94. The van der Waals surface area contributed by atoms with Crippen molar-refractivity contribution in [3.63, 3.8) is 0 Å². The number of carbonyl (C=O) groups excluding carboxylic acids is 1. The van der Waals surface area contributed by atoms with E-state index in [2.05, 4.69) is 15.5 Å². The van der Waals surface area contributed by atoms with E-state index in [1.807, 2.05) is 67.8 Å². The van der Waals surface area contributed by atoms with Crippen LogP contribution in [-0.2, 0) is 0 Å². The molecule has 1 N–H and O–H groups in total. The molecule has 1 aromatic carbocycles. The smallest absolute Gasteiger partial charge is 0.251 e. The van der Waals surface area contributed by atoms with Crippen LogP contribution in [0, 0.1) is 13.8 Å². The van der Waals surface area contributed by atoms with Gasteiger partial charge in [-0.25, -0.2) is 0 Å². The Kier molecular flexibility index (Phi) is 3.63. The van der Waals surface area contributed by atoms with Crippen molar-refractivity contribution in [1.82, 2.24) is 19.9 Å². The van der Waals surface area contributed by atoms with E-state index in [1.165, 1.54) is 5.56 Å². The predicted octanol–water partition coefficient (Wildman–Crippen LogP) is 2.84. The highest BCUT2D eigenvalue weighted by Crippen LogP contribution is 2.14. The predicted molar refractivity (Wildman–Crippen MR) is 84.8 cm³/mol. The summed E-state index contributed by atoms with van der Waals surface area (Å²) in [6.45, 7) is 5.94. The number of rotatable bonds is 3. The number of amides is 1. The molecule has 0 aliphatic heterocycles. The lowest BCUT2D eigenvalue weighted by Gasteiger charge is -2.13. The Labute approximate surface area is 129 Å². The minimum atomic E-state index is -0.230. The van der Waals surface area contributed by atoms with Crippen molar-refractivity contribution in [3.05, 3.63) is 65.1 Å². The van der Waals surface area contributed by atoms with Gasteiger partial charge in [-0.3, -0.25) is 9.20 Å². The molecule has 0 fully saturated rings. The standard InChI is InChI=1S/C17H18N4O/c1-11-7-8-14(10-12(11)2)17(22)18-13(3)16-20-19-15-6-4-5-9-21(15)16/h4-10,13H,1-3H3,(H,18,22)/t13-/m0/s1. The molecule has 1 amide bonds. The van der Waals surface area contributed by atoms with Gasteiger partial charge < -0.3 is 5.32 Å². The van der Waals surface area contributed by atoms with E-state index >= 15 is 0 Å². The van der Waals surface area contributed by atoms with Gasteiger partial charge in [0.25, 0.3) is 5.91 Å². The minimum Gasteiger partial charge on any atom is -0.342 e. The zero-order valence-corrected chi connectivity index (χ0v) is 12.9. The third-order valence-corrected chi connectivity index (χ3v) is 3.84. The Morgan fingerprint density at radius 1 is 1.14 bits per heavy atom. The lowest BCUT2D eigenvalue weighted by Crippen LogP contribution is -2.28. The number of aryl methyl sites for hydroxylation is 2. The molecule has 0 spiro atoms. The summed E-state index contributed by atoms with van der Waals surface area (Å²) in [7, 11) is 0.